The van der Waals surface area contributed by atoms with Crippen LogP contribution in [0.2, 0.25) is 0 Å². The highest BCUT2D eigenvalue weighted by Crippen LogP contribution is 2.31. The second-order valence-corrected chi connectivity index (χ2v) is 7.64. The first-order valence-corrected chi connectivity index (χ1v) is 10.9. The van der Waals surface area contributed by atoms with E-state index in [1.165, 1.54) is 5.56 Å². The minimum atomic E-state index is -0.0383. The number of hydrogen-bond acceptors (Lipinski definition) is 5. The molecule has 0 aliphatic rings. The van der Waals surface area contributed by atoms with Crippen molar-refractivity contribution in [3.8, 4) is 0 Å². The van der Waals surface area contributed by atoms with E-state index in [1.807, 2.05) is 11.8 Å². The number of carbonyl (C=O) groups excluding carboxylic acids is 1. The summed E-state index contributed by atoms with van der Waals surface area (Å²) in [5.74, 6) is -0.0383. The number of para-hydroxylation sites is 1. The maximum absolute atomic E-state index is 13.4. The third kappa shape index (κ3) is 4.10. The van der Waals surface area contributed by atoms with Crippen molar-refractivity contribution in [3.05, 3.63) is 41.7 Å². The van der Waals surface area contributed by atoms with Gasteiger partial charge < -0.3 is 4.90 Å². The fourth-order valence-electron chi connectivity index (χ4n) is 3.36. The molecular formula is C21H29N5OS. The van der Waals surface area contributed by atoms with E-state index in [0.29, 0.717) is 18.8 Å². The predicted molar refractivity (Wildman–Crippen MR) is 116 cm³/mol. The Morgan fingerprint density at radius 1 is 1.11 bits per heavy atom. The van der Waals surface area contributed by atoms with Crippen LogP contribution in [0.5, 0.6) is 0 Å². The zero-order valence-electron chi connectivity index (χ0n) is 17.2. The molecule has 0 radical (unpaired) electrons. The summed E-state index contributed by atoms with van der Waals surface area (Å²) in [5, 5.41) is 5.03. The lowest BCUT2D eigenvalue weighted by Gasteiger charge is -2.24. The van der Waals surface area contributed by atoms with Crippen molar-refractivity contribution in [2.45, 2.75) is 40.7 Å². The lowest BCUT2D eigenvalue weighted by atomic mass is 10.1. The number of carbonyl (C=O) groups is 1. The number of nitrogens with zero attached hydrogens (tertiary/aromatic N) is 5. The number of rotatable bonds is 9. The molecule has 0 fully saturated rings. The zero-order valence-corrected chi connectivity index (χ0v) is 18.0. The van der Waals surface area contributed by atoms with E-state index in [0.717, 1.165) is 41.4 Å². The second-order valence-electron chi connectivity index (χ2n) is 6.63. The standard InChI is InChI=1S/C21H29N5OS/c1-5-16-10-9-11-18-19(16)23-21(28-18)25(15-14-24(6-2)7-3)20(27)17-12-13-22-26(17)8-4/h9-13H,5-8,14-15H2,1-4H3. The molecular weight excluding hydrogens is 370 g/mol. The van der Waals surface area contributed by atoms with Crippen LogP contribution >= 0.6 is 11.3 Å². The van der Waals surface area contributed by atoms with Crippen molar-refractivity contribution in [2.24, 2.45) is 0 Å². The lowest BCUT2D eigenvalue weighted by molar-refractivity contribution is 0.0973. The summed E-state index contributed by atoms with van der Waals surface area (Å²) in [4.78, 5) is 22.4. The highest BCUT2D eigenvalue weighted by molar-refractivity contribution is 7.22. The van der Waals surface area contributed by atoms with Crippen LogP contribution in [0.25, 0.3) is 10.2 Å². The van der Waals surface area contributed by atoms with Crippen LogP contribution in [0.3, 0.4) is 0 Å². The normalized spacial score (nSPS) is 11.5. The van der Waals surface area contributed by atoms with Crippen molar-refractivity contribution in [3.63, 3.8) is 0 Å². The maximum atomic E-state index is 13.4. The Bertz CT molecular complexity index is 928. The molecule has 0 unspecified atom stereocenters. The number of anilines is 1. The molecule has 0 bridgehead atoms. The number of hydrogen-bond donors (Lipinski definition) is 0. The van der Waals surface area contributed by atoms with Crippen LogP contribution in [0.15, 0.2) is 30.5 Å². The molecule has 1 aromatic carbocycles. The van der Waals surface area contributed by atoms with Crippen LogP contribution < -0.4 is 4.90 Å². The molecule has 0 atom stereocenters. The number of likely N-dealkylation sites (N-methyl/N-ethyl adjacent to an activating group) is 1. The molecule has 150 valence electrons. The highest BCUT2D eigenvalue weighted by atomic mass is 32.1. The second kappa shape index (κ2) is 9.30. The van der Waals surface area contributed by atoms with Gasteiger partial charge in [0.25, 0.3) is 5.91 Å². The molecule has 6 nitrogen and oxygen atoms in total. The number of thiazole rings is 1. The van der Waals surface area contributed by atoms with Gasteiger partial charge in [0.15, 0.2) is 5.13 Å². The summed E-state index contributed by atoms with van der Waals surface area (Å²) in [6.07, 6.45) is 2.61. The molecule has 3 aromatic rings. The van der Waals surface area contributed by atoms with E-state index in [1.54, 1.807) is 28.3 Å². The van der Waals surface area contributed by atoms with E-state index in [9.17, 15) is 4.79 Å². The Kier molecular flexibility index (Phi) is 6.80. The SMILES string of the molecule is CCc1cccc2sc(N(CCN(CC)CC)C(=O)c3ccnn3CC)nc12. The van der Waals surface area contributed by atoms with Gasteiger partial charge in [-0.25, -0.2) is 4.98 Å². The van der Waals surface area contributed by atoms with Crippen LogP contribution in [0.4, 0.5) is 5.13 Å². The third-order valence-electron chi connectivity index (χ3n) is 5.12. The summed E-state index contributed by atoms with van der Waals surface area (Å²) in [7, 11) is 0. The van der Waals surface area contributed by atoms with Crippen LogP contribution in [-0.2, 0) is 13.0 Å². The van der Waals surface area contributed by atoms with Crippen LogP contribution in [0.1, 0.15) is 43.7 Å². The average molecular weight is 400 g/mol. The molecule has 0 aliphatic heterocycles. The van der Waals surface area contributed by atoms with Crippen LogP contribution in [0, 0.1) is 0 Å². The Labute approximate surface area is 170 Å². The van der Waals surface area contributed by atoms with Gasteiger partial charge in [0.1, 0.15) is 5.69 Å². The van der Waals surface area contributed by atoms with Gasteiger partial charge in [-0.2, -0.15) is 5.10 Å². The number of benzene rings is 1. The summed E-state index contributed by atoms with van der Waals surface area (Å²) < 4.78 is 2.87. The summed E-state index contributed by atoms with van der Waals surface area (Å²) in [6, 6.07) is 8.05. The predicted octanol–water partition coefficient (Wildman–Crippen LogP) is 4.06. The molecule has 28 heavy (non-hydrogen) atoms. The summed E-state index contributed by atoms with van der Waals surface area (Å²) in [6.45, 7) is 12.4. The first kappa shape index (κ1) is 20.5. The van der Waals surface area contributed by atoms with Gasteiger partial charge in [0, 0.05) is 25.8 Å². The van der Waals surface area contributed by atoms with E-state index in [-0.39, 0.29) is 5.91 Å². The van der Waals surface area contributed by atoms with Gasteiger partial charge in [-0.3, -0.25) is 14.4 Å². The molecule has 2 heterocycles. The van der Waals surface area contributed by atoms with Crippen molar-refractivity contribution in [2.75, 3.05) is 31.1 Å². The molecule has 0 N–H and O–H groups in total. The Morgan fingerprint density at radius 2 is 1.89 bits per heavy atom. The van der Waals surface area contributed by atoms with E-state index in [4.69, 9.17) is 4.98 Å². The van der Waals surface area contributed by atoms with Gasteiger partial charge in [0.2, 0.25) is 0 Å². The Balaban J connectivity index is 1.99. The molecule has 2 aromatic heterocycles. The third-order valence-corrected chi connectivity index (χ3v) is 6.16. The van der Waals surface area contributed by atoms with Gasteiger partial charge in [-0.15, -0.1) is 0 Å². The fraction of sp³-hybridized carbons (Fsp3) is 0.476. The first-order valence-electron chi connectivity index (χ1n) is 10.1. The molecule has 0 saturated carbocycles. The van der Waals surface area contributed by atoms with Crippen molar-refractivity contribution in [1.29, 1.82) is 0 Å². The van der Waals surface area contributed by atoms with E-state index < -0.39 is 0 Å². The summed E-state index contributed by atoms with van der Waals surface area (Å²) in [5.41, 5.74) is 2.83. The van der Waals surface area contributed by atoms with Crippen molar-refractivity contribution >= 4 is 32.6 Å². The Hall–Kier alpha value is -2.25. The monoisotopic (exact) mass is 399 g/mol. The molecule has 7 heteroatoms. The average Bonchev–Trinajstić information content (AvgIpc) is 3.37. The molecule has 1 amide bonds. The summed E-state index contributed by atoms with van der Waals surface area (Å²) >= 11 is 1.59. The topological polar surface area (TPSA) is 54.3 Å². The number of aromatic nitrogens is 3. The first-order chi connectivity index (χ1) is 13.6. The van der Waals surface area contributed by atoms with Gasteiger partial charge in [0.05, 0.1) is 10.2 Å². The minimum Gasteiger partial charge on any atom is -0.302 e. The van der Waals surface area contributed by atoms with E-state index in [2.05, 4.69) is 49.0 Å². The minimum absolute atomic E-state index is 0.0383. The van der Waals surface area contributed by atoms with Gasteiger partial charge in [-0.1, -0.05) is 44.2 Å². The van der Waals surface area contributed by atoms with Crippen molar-refractivity contribution < 1.29 is 4.79 Å². The lowest BCUT2D eigenvalue weighted by Crippen LogP contribution is -2.39. The number of fused-ring (bicyclic) bond motifs is 1. The van der Waals surface area contributed by atoms with Gasteiger partial charge in [-0.05, 0) is 44.1 Å². The highest BCUT2D eigenvalue weighted by Gasteiger charge is 2.24. The molecule has 3 rings (SSSR count). The largest absolute Gasteiger partial charge is 0.302 e. The number of aryl methyl sites for hydroxylation is 2. The van der Waals surface area contributed by atoms with E-state index >= 15 is 0 Å². The smallest absolute Gasteiger partial charge is 0.278 e. The zero-order chi connectivity index (χ0) is 20.1. The fourth-order valence-corrected chi connectivity index (χ4v) is 4.40. The quantitative estimate of drug-likeness (QED) is 0.544. The van der Waals surface area contributed by atoms with Gasteiger partial charge >= 0.3 is 0 Å². The molecule has 0 spiro atoms. The van der Waals surface area contributed by atoms with Crippen molar-refractivity contribution in [1.82, 2.24) is 19.7 Å². The van der Waals surface area contributed by atoms with Crippen LogP contribution in [-0.4, -0.2) is 51.8 Å². The molecule has 0 saturated heterocycles. The number of amides is 1. The maximum Gasteiger partial charge on any atom is 0.278 e. The molecule has 0 aliphatic carbocycles. The Morgan fingerprint density at radius 3 is 2.57 bits per heavy atom.